The molecule has 0 spiro atoms. The van der Waals surface area contributed by atoms with E-state index in [4.69, 9.17) is 38.1 Å². The Labute approximate surface area is 166 Å². The molecule has 4 atom stereocenters. The van der Waals surface area contributed by atoms with Crippen molar-refractivity contribution in [1.29, 1.82) is 21.2 Å². The zero-order valence-corrected chi connectivity index (χ0v) is 15.6. The van der Waals surface area contributed by atoms with Crippen molar-refractivity contribution < 1.29 is 9.47 Å². The van der Waals surface area contributed by atoms with E-state index in [9.17, 15) is 15.8 Å². The Morgan fingerprint density at radius 2 is 1.85 bits per heavy atom. The molecule has 136 valence electrons. The van der Waals surface area contributed by atoms with Crippen LogP contribution in [0.25, 0.3) is 0 Å². The summed E-state index contributed by atoms with van der Waals surface area (Å²) in [6.07, 6.45) is 1.50. The highest BCUT2D eigenvalue weighted by Crippen LogP contribution is 2.69. The molecule has 0 unspecified atom stereocenters. The van der Waals surface area contributed by atoms with Gasteiger partial charge in [0.2, 0.25) is 17.1 Å². The molecule has 1 aliphatic carbocycles. The first-order valence-corrected chi connectivity index (χ1v) is 9.31. The number of rotatable bonds is 1. The van der Waals surface area contributed by atoms with Crippen LogP contribution in [0.2, 0.25) is 10.0 Å². The maximum atomic E-state index is 10.2. The fraction of sp³-hybridized carbons (Fsp3) is 0.474. The van der Waals surface area contributed by atoms with Gasteiger partial charge in [0, 0.05) is 22.0 Å². The molecule has 2 heterocycles. The molecule has 2 bridgehead atoms. The molecular formula is C19H14Cl2N4O2. The maximum absolute atomic E-state index is 10.2. The second kappa shape index (κ2) is 5.85. The minimum atomic E-state index is -1.97. The van der Waals surface area contributed by atoms with Gasteiger partial charge in [-0.2, -0.15) is 15.8 Å². The molecular weight excluding hydrogens is 387 g/mol. The standard InChI is InChI=1S/C19H14Cl2N4O2/c20-11-4-5-12(13(21)7-11)15-17(8-22,9-23)18(10-24)14-3-1-2-6-19(14,26-15)27-16(18)25/h4-5,7,14-15,25H,1-3,6H2/t14-,15+,18-,19+/m0/s1. The average molecular weight is 401 g/mol. The van der Waals surface area contributed by atoms with Crippen molar-refractivity contribution in [3.63, 3.8) is 0 Å². The van der Waals surface area contributed by atoms with Gasteiger partial charge in [0.05, 0.1) is 24.1 Å². The van der Waals surface area contributed by atoms with E-state index >= 15 is 0 Å². The van der Waals surface area contributed by atoms with Gasteiger partial charge in [-0.15, -0.1) is 0 Å². The number of benzene rings is 1. The van der Waals surface area contributed by atoms with Crippen LogP contribution in [-0.2, 0) is 9.47 Å². The summed E-state index contributed by atoms with van der Waals surface area (Å²) in [4.78, 5) is 0. The van der Waals surface area contributed by atoms with Crippen molar-refractivity contribution >= 4 is 29.1 Å². The number of hydrogen-bond acceptors (Lipinski definition) is 6. The summed E-state index contributed by atoms with van der Waals surface area (Å²) in [6, 6.07) is 10.8. The lowest BCUT2D eigenvalue weighted by Crippen LogP contribution is -2.60. The van der Waals surface area contributed by atoms with Crippen molar-refractivity contribution in [1.82, 2.24) is 0 Å². The lowest BCUT2D eigenvalue weighted by molar-refractivity contribution is -0.294. The fourth-order valence-corrected chi connectivity index (χ4v) is 5.36. The number of ether oxygens (including phenoxy) is 2. The molecule has 4 rings (SSSR count). The van der Waals surface area contributed by atoms with E-state index in [0.29, 0.717) is 23.4 Å². The molecule has 1 aromatic rings. The molecule has 1 saturated carbocycles. The zero-order valence-electron chi connectivity index (χ0n) is 14.1. The zero-order chi connectivity index (χ0) is 19.4. The minimum absolute atomic E-state index is 0.229. The Kier molecular flexibility index (Phi) is 3.92. The van der Waals surface area contributed by atoms with E-state index in [1.54, 1.807) is 12.1 Å². The van der Waals surface area contributed by atoms with E-state index < -0.39 is 28.6 Å². The van der Waals surface area contributed by atoms with Crippen molar-refractivity contribution in [2.24, 2.45) is 16.7 Å². The Hall–Kier alpha value is -2.30. The first-order chi connectivity index (χ1) is 12.9. The van der Waals surface area contributed by atoms with Gasteiger partial charge in [-0.05, 0) is 25.0 Å². The summed E-state index contributed by atoms with van der Waals surface area (Å²) in [5.41, 5.74) is -3.31. The van der Waals surface area contributed by atoms with Crippen LogP contribution in [-0.4, -0.2) is 11.7 Å². The molecule has 0 aromatic heterocycles. The smallest absolute Gasteiger partial charge is 0.217 e. The van der Waals surface area contributed by atoms with Crippen molar-refractivity contribution in [2.45, 2.75) is 37.6 Å². The lowest BCUT2D eigenvalue weighted by Gasteiger charge is -2.51. The van der Waals surface area contributed by atoms with Crippen LogP contribution >= 0.6 is 23.2 Å². The molecule has 8 heteroatoms. The van der Waals surface area contributed by atoms with Crippen LogP contribution in [0.5, 0.6) is 0 Å². The van der Waals surface area contributed by atoms with Crippen LogP contribution < -0.4 is 0 Å². The predicted molar refractivity (Wildman–Crippen MR) is 95.5 cm³/mol. The van der Waals surface area contributed by atoms with Crippen LogP contribution in [0.15, 0.2) is 18.2 Å². The number of nitrogens with one attached hydrogen (secondary N) is 1. The van der Waals surface area contributed by atoms with Gasteiger partial charge in [0.25, 0.3) is 0 Å². The Bertz CT molecular complexity index is 961. The van der Waals surface area contributed by atoms with Crippen LogP contribution in [0.4, 0.5) is 0 Å². The number of hydrogen-bond donors (Lipinski definition) is 1. The number of nitriles is 3. The van der Waals surface area contributed by atoms with Gasteiger partial charge in [-0.25, -0.2) is 0 Å². The monoisotopic (exact) mass is 400 g/mol. The minimum Gasteiger partial charge on any atom is -0.447 e. The second-order valence-electron chi connectivity index (χ2n) is 7.16. The second-order valence-corrected chi connectivity index (χ2v) is 8.00. The van der Waals surface area contributed by atoms with Gasteiger partial charge >= 0.3 is 0 Å². The summed E-state index contributed by atoms with van der Waals surface area (Å²) in [7, 11) is 0. The summed E-state index contributed by atoms with van der Waals surface area (Å²) in [5.74, 6) is -2.12. The van der Waals surface area contributed by atoms with E-state index in [1.807, 2.05) is 12.1 Å². The largest absolute Gasteiger partial charge is 0.447 e. The highest BCUT2D eigenvalue weighted by molar-refractivity contribution is 6.35. The number of halogens is 2. The molecule has 0 radical (unpaired) electrons. The van der Waals surface area contributed by atoms with Gasteiger partial charge < -0.3 is 9.47 Å². The third-order valence-electron chi connectivity index (χ3n) is 6.06. The highest BCUT2D eigenvalue weighted by Gasteiger charge is 2.80. The molecule has 3 fully saturated rings. The highest BCUT2D eigenvalue weighted by atomic mass is 35.5. The Morgan fingerprint density at radius 1 is 1.11 bits per heavy atom. The molecule has 0 amide bonds. The van der Waals surface area contributed by atoms with E-state index in [1.165, 1.54) is 6.07 Å². The lowest BCUT2D eigenvalue weighted by atomic mass is 9.51. The van der Waals surface area contributed by atoms with Crippen molar-refractivity contribution in [2.75, 3.05) is 0 Å². The Morgan fingerprint density at radius 3 is 2.48 bits per heavy atom. The maximum Gasteiger partial charge on any atom is 0.217 e. The van der Waals surface area contributed by atoms with E-state index in [2.05, 4.69) is 6.07 Å². The molecule has 1 aromatic carbocycles. The normalized spacial score (nSPS) is 35.9. The van der Waals surface area contributed by atoms with Crippen molar-refractivity contribution in [3.8, 4) is 18.2 Å². The summed E-state index contributed by atoms with van der Waals surface area (Å²) < 4.78 is 12.1. The summed E-state index contributed by atoms with van der Waals surface area (Å²) >= 11 is 12.3. The third kappa shape index (κ3) is 2.00. The molecule has 2 aliphatic heterocycles. The van der Waals surface area contributed by atoms with Crippen LogP contribution in [0.3, 0.4) is 0 Å². The fourth-order valence-electron chi connectivity index (χ4n) is 4.85. The first-order valence-electron chi connectivity index (χ1n) is 8.55. The molecule has 2 saturated heterocycles. The summed E-state index contributed by atoms with van der Waals surface area (Å²) in [6.45, 7) is 0. The average Bonchev–Trinajstić information content (AvgIpc) is 2.87. The van der Waals surface area contributed by atoms with E-state index in [-0.39, 0.29) is 10.9 Å². The quantitative estimate of drug-likeness (QED) is 0.744. The van der Waals surface area contributed by atoms with Crippen molar-refractivity contribution in [3.05, 3.63) is 33.8 Å². The SMILES string of the molecule is N#CC1(C#N)[C@@H](c2ccc(Cl)cc2Cl)O[C@@]23CCCC[C@H]2[C@@]1(C#N)C(=N)O3. The van der Waals surface area contributed by atoms with E-state index in [0.717, 1.165) is 12.8 Å². The third-order valence-corrected chi connectivity index (χ3v) is 6.62. The van der Waals surface area contributed by atoms with Gasteiger partial charge in [0.1, 0.15) is 6.10 Å². The topological polar surface area (TPSA) is 114 Å². The van der Waals surface area contributed by atoms with Crippen LogP contribution in [0.1, 0.15) is 37.4 Å². The molecule has 1 N–H and O–H groups in total. The Balaban J connectivity index is 2.02. The summed E-state index contributed by atoms with van der Waals surface area (Å²) in [5, 5.41) is 39.5. The van der Waals surface area contributed by atoms with Crippen LogP contribution in [0, 0.1) is 56.2 Å². The molecule has 6 nitrogen and oxygen atoms in total. The van der Waals surface area contributed by atoms with Gasteiger partial charge in [-0.3, -0.25) is 5.41 Å². The van der Waals surface area contributed by atoms with Gasteiger partial charge in [0.15, 0.2) is 5.41 Å². The van der Waals surface area contributed by atoms with Gasteiger partial charge in [-0.1, -0.05) is 35.7 Å². The first kappa shape index (κ1) is 18.1. The number of nitrogens with zero attached hydrogens (tertiary/aromatic N) is 3. The molecule has 3 aliphatic rings. The molecule has 27 heavy (non-hydrogen) atoms. The predicted octanol–water partition coefficient (Wildman–Crippen LogP) is 4.50.